The van der Waals surface area contributed by atoms with E-state index < -0.39 is 0 Å². The number of ether oxygens (including phenoxy) is 2. The topological polar surface area (TPSA) is 101 Å². The molecule has 3 N–H and O–H groups in total. The fourth-order valence-electron chi connectivity index (χ4n) is 4.19. The number of methoxy groups -OCH3 is 1. The molecule has 1 aliphatic heterocycles. The lowest BCUT2D eigenvalue weighted by Gasteiger charge is -2.11. The van der Waals surface area contributed by atoms with E-state index in [2.05, 4.69) is 15.3 Å². The molecule has 1 aliphatic rings. The Morgan fingerprint density at radius 1 is 1.21 bits per heavy atom. The highest BCUT2D eigenvalue weighted by atomic mass is 32.1. The molecule has 33 heavy (non-hydrogen) atoms. The number of amides is 1. The average molecular weight is 465 g/mol. The molecule has 0 radical (unpaired) electrons. The standard InChI is InChI=1S/C24H24N4O4S/c1-31-16-8-9-19-18(11-16)20-21(26-19)23(30)28(24(33)27-20)13-14-4-6-15(7-5-14)22(29)25-12-17-3-2-10-32-17/h4-9,11,17,26H,2-3,10,12-13H2,1H3,(H,25,29)(H,27,33)/t17-/m1/s1. The number of nitrogens with zero attached hydrogens (tertiary/aromatic N) is 1. The largest absolute Gasteiger partial charge is 0.497 e. The van der Waals surface area contributed by atoms with Gasteiger partial charge in [-0.2, -0.15) is 0 Å². The van der Waals surface area contributed by atoms with Gasteiger partial charge in [0.15, 0.2) is 4.77 Å². The second kappa shape index (κ2) is 8.84. The van der Waals surface area contributed by atoms with Gasteiger partial charge in [0.25, 0.3) is 11.5 Å². The van der Waals surface area contributed by atoms with Crippen molar-refractivity contribution < 1.29 is 14.3 Å². The first-order valence-corrected chi connectivity index (χ1v) is 11.3. The number of aromatic amines is 2. The minimum absolute atomic E-state index is 0.0995. The molecule has 1 fully saturated rings. The van der Waals surface area contributed by atoms with Crippen molar-refractivity contribution in [2.24, 2.45) is 0 Å². The number of carbonyl (C=O) groups is 1. The molecule has 4 aromatic rings. The van der Waals surface area contributed by atoms with Gasteiger partial charge in [-0.05, 0) is 61.0 Å². The molecule has 0 unspecified atom stereocenters. The van der Waals surface area contributed by atoms with E-state index in [4.69, 9.17) is 21.7 Å². The van der Waals surface area contributed by atoms with Gasteiger partial charge in [0, 0.05) is 29.6 Å². The predicted molar refractivity (Wildman–Crippen MR) is 129 cm³/mol. The third-order valence-corrected chi connectivity index (χ3v) is 6.34. The molecule has 1 amide bonds. The van der Waals surface area contributed by atoms with Crippen LogP contribution in [0.25, 0.3) is 21.9 Å². The summed E-state index contributed by atoms with van der Waals surface area (Å²) in [4.78, 5) is 32.0. The summed E-state index contributed by atoms with van der Waals surface area (Å²) in [6, 6.07) is 12.8. The summed E-state index contributed by atoms with van der Waals surface area (Å²) in [7, 11) is 1.60. The van der Waals surface area contributed by atoms with Crippen molar-refractivity contribution in [2.45, 2.75) is 25.5 Å². The number of hydrogen-bond acceptors (Lipinski definition) is 5. The summed E-state index contributed by atoms with van der Waals surface area (Å²) in [6.45, 7) is 1.57. The molecule has 0 aliphatic carbocycles. The van der Waals surface area contributed by atoms with E-state index in [9.17, 15) is 9.59 Å². The van der Waals surface area contributed by atoms with Crippen molar-refractivity contribution in [2.75, 3.05) is 20.3 Å². The zero-order valence-electron chi connectivity index (χ0n) is 18.1. The summed E-state index contributed by atoms with van der Waals surface area (Å²) in [5.74, 6) is 0.563. The van der Waals surface area contributed by atoms with Gasteiger partial charge in [0.2, 0.25) is 0 Å². The van der Waals surface area contributed by atoms with Crippen LogP contribution in [0.5, 0.6) is 5.75 Å². The maximum atomic E-state index is 13.2. The molecule has 1 saturated heterocycles. The summed E-state index contributed by atoms with van der Waals surface area (Å²) in [5, 5.41) is 3.76. The van der Waals surface area contributed by atoms with Gasteiger partial charge in [-0.25, -0.2) is 0 Å². The highest BCUT2D eigenvalue weighted by Gasteiger charge is 2.17. The van der Waals surface area contributed by atoms with Crippen LogP contribution >= 0.6 is 12.2 Å². The first-order valence-electron chi connectivity index (χ1n) is 10.8. The number of nitrogens with one attached hydrogen (secondary N) is 3. The minimum atomic E-state index is -0.206. The van der Waals surface area contributed by atoms with Crippen LogP contribution in [0, 0.1) is 4.77 Å². The Bertz CT molecular complexity index is 1450. The molecule has 2 aromatic carbocycles. The summed E-state index contributed by atoms with van der Waals surface area (Å²) >= 11 is 5.50. The van der Waals surface area contributed by atoms with Crippen molar-refractivity contribution in [1.29, 1.82) is 0 Å². The van der Waals surface area contributed by atoms with Crippen molar-refractivity contribution in [3.05, 3.63) is 68.7 Å². The fraction of sp³-hybridized carbons (Fsp3) is 0.292. The van der Waals surface area contributed by atoms with Crippen LogP contribution in [0.15, 0.2) is 47.3 Å². The highest BCUT2D eigenvalue weighted by Crippen LogP contribution is 2.26. The maximum absolute atomic E-state index is 13.2. The van der Waals surface area contributed by atoms with E-state index in [1.807, 2.05) is 30.3 Å². The Labute approximate surface area is 194 Å². The smallest absolute Gasteiger partial charge is 0.278 e. The number of hydrogen-bond donors (Lipinski definition) is 3. The van der Waals surface area contributed by atoms with Crippen molar-refractivity contribution in [1.82, 2.24) is 19.9 Å². The zero-order valence-corrected chi connectivity index (χ0v) is 19.0. The molecule has 2 aromatic heterocycles. The number of benzene rings is 2. The third-order valence-electron chi connectivity index (χ3n) is 6.01. The van der Waals surface area contributed by atoms with Crippen LogP contribution < -0.4 is 15.6 Å². The number of carbonyl (C=O) groups excluding carboxylic acids is 1. The van der Waals surface area contributed by atoms with Gasteiger partial charge in [0.05, 0.1) is 25.3 Å². The van der Waals surface area contributed by atoms with Gasteiger partial charge in [-0.3, -0.25) is 14.2 Å². The van der Waals surface area contributed by atoms with E-state index in [0.29, 0.717) is 40.2 Å². The summed E-state index contributed by atoms with van der Waals surface area (Å²) < 4.78 is 12.7. The fourth-order valence-corrected chi connectivity index (χ4v) is 4.44. The normalized spacial score (nSPS) is 15.8. The Morgan fingerprint density at radius 2 is 2.03 bits per heavy atom. The molecule has 1 atom stereocenters. The first kappa shape index (κ1) is 21.4. The lowest BCUT2D eigenvalue weighted by molar-refractivity contribution is 0.0858. The molecule has 0 saturated carbocycles. The van der Waals surface area contributed by atoms with Crippen LogP contribution in [-0.4, -0.2) is 46.8 Å². The Kier molecular flexibility index (Phi) is 5.74. The third kappa shape index (κ3) is 4.17. The zero-order chi connectivity index (χ0) is 22.9. The second-order valence-corrected chi connectivity index (χ2v) is 8.54. The summed E-state index contributed by atoms with van der Waals surface area (Å²) in [5.41, 5.74) is 3.16. The van der Waals surface area contributed by atoms with Gasteiger partial charge in [-0.1, -0.05) is 12.1 Å². The van der Waals surface area contributed by atoms with Crippen LogP contribution in [0.2, 0.25) is 0 Å². The van der Waals surface area contributed by atoms with Crippen LogP contribution in [0.3, 0.4) is 0 Å². The van der Waals surface area contributed by atoms with E-state index in [0.717, 1.165) is 35.9 Å². The van der Waals surface area contributed by atoms with Gasteiger partial charge in [-0.15, -0.1) is 0 Å². The molecule has 3 heterocycles. The van der Waals surface area contributed by atoms with E-state index >= 15 is 0 Å². The molecule has 5 rings (SSSR count). The Hall–Kier alpha value is -3.43. The highest BCUT2D eigenvalue weighted by molar-refractivity contribution is 7.71. The van der Waals surface area contributed by atoms with Gasteiger partial charge < -0.3 is 24.8 Å². The SMILES string of the molecule is COc1ccc2[nH]c3c(=O)n(Cc4ccc(C(=O)NC[C@H]5CCCO5)cc4)c(=S)[nH]c3c2c1. The van der Waals surface area contributed by atoms with Crippen LogP contribution in [0.1, 0.15) is 28.8 Å². The molecule has 8 nitrogen and oxygen atoms in total. The Morgan fingerprint density at radius 3 is 2.76 bits per heavy atom. The molecule has 0 spiro atoms. The molecular weight excluding hydrogens is 440 g/mol. The molecule has 0 bridgehead atoms. The number of aromatic nitrogens is 3. The molecule has 170 valence electrons. The minimum Gasteiger partial charge on any atom is -0.497 e. The number of rotatable bonds is 6. The lowest BCUT2D eigenvalue weighted by Crippen LogP contribution is -2.31. The number of H-pyrrole nitrogens is 2. The van der Waals surface area contributed by atoms with Crippen molar-refractivity contribution in [3.63, 3.8) is 0 Å². The van der Waals surface area contributed by atoms with E-state index in [1.54, 1.807) is 19.2 Å². The second-order valence-electron chi connectivity index (χ2n) is 8.15. The monoisotopic (exact) mass is 464 g/mol. The first-order chi connectivity index (χ1) is 16.0. The molecule has 9 heteroatoms. The quantitative estimate of drug-likeness (QED) is 0.379. The lowest BCUT2D eigenvalue weighted by atomic mass is 10.1. The van der Waals surface area contributed by atoms with Gasteiger partial charge in [0.1, 0.15) is 11.3 Å². The van der Waals surface area contributed by atoms with E-state index in [1.165, 1.54) is 4.57 Å². The Balaban J connectivity index is 1.38. The summed E-state index contributed by atoms with van der Waals surface area (Å²) in [6.07, 6.45) is 2.11. The van der Waals surface area contributed by atoms with Crippen molar-refractivity contribution >= 4 is 40.1 Å². The number of fused-ring (bicyclic) bond motifs is 3. The van der Waals surface area contributed by atoms with Crippen LogP contribution in [-0.2, 0) is 11.3 Å². The maximum Gasteiger partial charge on any atom is 0.278 e. The van der Waals surface area contributed by atoms with E-state index in [-0.39, 0.29) is 17.6 Å². The van der Waals surface area contributed by atoms with Crippen molar-refractivity contribution in [3.8, 4) is 5.75 Å². The van der Waals surface area contributed by atoms with Crippen LogP contribution in [0.4, 0.5) is 0 Å². The average Bonchev–Trinajstić information content (AvgIpc) is 3.48. The predicted octanol–water partition coefficient (Wildman–Crippen LogP) is 3.51. The van der Waals surface area contributed by atoms with Gasteiger partial charge >= 0.3 is 0 Å². The molecular formula is C24H24N4O4S.